The third-order valence-electron chi connectivity index (χ3n) is 1.85. The lowest BCUT2D eigenvalue weighted by Crippen LogP contribution is -2.11. The van der Waals surface area contributed by atoms with E-state index in [1.54, 1.807) is 0 Å². The molecular formula is C10H11BrO2. The van der Waals surface area contributed by atoms with Crippen molar-refractivity contribution in [3.8, 4) is 0 Å². The Balaban J connectivity index is 2.68. The van der Waals surface area contributed by atoms with Crippen LogP contribution >= 0.6 is 15.9 Å². The van der Waals surface area contributed by atoms with Gasteiger partial charge in [-0.15, -0.1) is 0 Å². The molecule has 1 unspecified atom stereocenters. The van der Waals surface area contributed by atoms with Crippen LogP contribution in [0.1, 0.15) is 18.4 Å². The van der Waals surface area contributed by atoms with E-state index < -0.39 is 0 Å². The molecule has 0 radical (unpaired) electrons. The highest BCUT2D eigenvalue weighted by atomic mass is 79.9. The molecule has 0 heterocycles. The van der Waals surface area contributed by atoms with E-state index >= 15 is 0 Å². The number of halogens is 1. The van der Waals surface area contributed by atoms with Crippen molar-refractivity contribution >= 4 is 21.9 Å². The maximum absolute atomic E-state index is 11.3. The van der Waals surface area contributed by atoms with Gasteiger partial charge in [0.05, 0.1) is 5.92 Å². The first kappa shape index (κ1) is 10.3. The van der Waals surface area contributed by atoms with Gasteiger partial charge >= 0.3 is 5.97 Å². The number of ether oxygens (including phenoxy) is 1. The highest BCUT2D eigenvalue weighted by Gasteiger charge is 2.15. The Morgan fingerprint density at radius 3 is 2.62 bits per heavy atom. The number of benzene rings is 1. The number of carbonyl (C=O) groups is 1. The van der Waals surface area contributed by atoms with Crippen LogP contribution in [0.5, 0.6) is 0 Å². The molecule has 0 amide bonds. The number of carbonyl (C=O) groups excluding carboxylic acids is 1. The van der Waals surface area contributed by atoms with Gasteiger partial charge in [0.2, 0.25) is 0 Å². The summed E-state index contributed by atoms with van der Waals surface area (Å²) < 4.78 is 4.84. The largest absolute Gasteiger partial charge is 0.454 e. The van der Waals surface area contributed by atoms with Gasteiger partial charge in [0.1, 0.15) is 5.52 Å². The first-order chi connectivity index (χ1) is 6.25. The third kappa shape index (κ3) is 2.84. The van der Waals surface area contributed by atoms with Gasteiger partial charge in [-0.1, -0.05) is 30.3 Å². The molecule has 1 atom stereocenters. The van der Waals surface area contributed by atoms with Crippen LogP contribution in [0.2, 0.25) is 0 Å². The van der Waals surface area contributed by atoms with Crippen molar-refractivity contribution in [1.82, 2.24) is 0 Å². The molecule has 0 N–H and O–H groups in total. The summed E-state index contributed by atoms with van der Waals surface area (Å²) in [5.74, 6) is -0.401. The van der Waals surface area contributed by atoms with E-state index in [4.69, 9.17) is 4.74 Å². The predicted molar refractivity (Wildman–Crippen MR) is 54.7 cm³/mol. The molecule has 0 saturated carbocycles. The van der Waals surface area contributed by atoms with E-state index in [1.165, 1.54) is 0 Å². The van der Waals surface area contributed by atoms with Crippen molar-refractivity contribution < 1.29 is 9.53 Å². The van der Waals surface area contributed by atoms with Gasteiger partial charge in [-0.25, -0.2) is 0 Å². The maximum atomic E-state index is 11.3. The Morgan fingerprint density at radius 1 is 1.46 bits per heavy atom. The Bertz CT molecular complexity index is 272. The van der Waals surface area contributed by atoms with Crippen LogP contribution in [0.3, 0.4) is 0 Å². The Labute approximate surface area is 86.0 Å². The molecule has 3 heteroatoms. The second-order valence-corrected chi connectivity index (χ2v) is 3.16. The molecule has 0 aromatic heterocycles. The van der Waals surface area contributed by atoms with Crippen molar-refractivity contribution in [3.05, 3.63) is 35.9 Å². The molecule has 13 heavy (non-hydrogen) atoms. The molecule has 1 aromatic rings. The van der Waals surface area contributed by atoms with E-state index in [1.807, 2.05) is 37.3 Å². The molecule has 0 saturated heterocycles. The normalized spacial score (nSPS) is 12.2. The molecule has 0 aliphatic rings. The Kier molecular flexibility index (Phi) is 3.96. The SMILES string of the molecule is CC(C(=O)OCBr)c1ccccc1. The molecule has 1 aromatic carbocycles. The summed E-state index contributed by atoms with van der Waals surface area (Å²) in [6.45, 7) is 1.83. The number of esters is 1. The maximum Gasteiger partial charge on any atom is 0.313 e. The molecule has 0 aliphatic carbocycles. The lowest BCUT2D eigenvalue weighted by atomic mass is 10.0. The van der Waals surface area contributed by atoms with Crippen LogP contribution < -0.4 is 0 Å². The molecule has 2 nitrogen and oxygen atoms in total. The first-order valence-corrected chi connectivity index (χ1v) is 5.15. The quantitative estimate of drug-likeness (QED) is 0.602. The third-order valence-corrected chi connectivity index (χ3v) is 2.08. The minimum atomic E-state index is -0.205. The van der Waals surface area contributed by atoms with Crippen molar-refractivity contribution in [1.29, 1.82) is 0 Å². The second-order valence-electron chi connectivity index (χ2n) is 2.70. The van der Waals surface area contributed by atoms with Crippen LogP contribution in [0.25, 0.3) is 0 Å². The number of alkyl halides is 1. The zero-order valence-electron chi connectivity index (χ0n) is 7.37. The van der Waals surface area contributed by atoms with Crippen LogP contribution in [0.15, 0.2) is 30.3 Å². The molecule has 0 bridgehead atoms. The zero-order chi connectivity index (χ0) is 9.68. The van der Waals surface area contributed by atoms with Crippen molar-refractivity contribution in [2.45, 2.75) is 12.8 Å². The minimum Gasteiger partial charge on any atom is -0.454 e. The van der Waals surface area contributed by atoms with Crippen LogP contribution in [-0.2, 0) is 9.53 Å². The van der Waals surface area contributed by atoms with Gasteiger partial charge in [-0.05, 0) is 28.4 Å². The summed E-state index contributed by atoms with van der Waals surface area (Å²) >= 11 is 3.05. The number of hydrogen-bond donors (Lipinski definition) is 0. The first-order valence-electron chi connectivity index (χ1n) is 4.03. The lowest BCUT2D eigenvalue weighted by molar-refractivity contribution is -0.142. The molecule has 0 spiro atoms. The molecular weight excluding hydrogens is 232 g/mol. The lowest BCUT2D eigenvalue weighted by Gasteiger charge is -2.09. The fraction of sp³-hybridized carbons (Fsp3) is 0.300. The zero-order valence-corrected chi connectivity index (χ0v) is 8.95. The van der Waals surface area contributed by atoms with Crippen molar-refractivity contribution in [3.63, 3.8) is 0 Å². The summed E-state index contributed by atoms with van der Waals surface area (Å²) in [5, 5.41) is 0. The van der Waals surface area contributed by atoms with E-state index in [9.17, 15) is 4.79 Å². The Morgan fingerprint density at radius 2 is 2.08 bits per heavy atom. The van der Waals surface area contributed by atoms with Gasteiger partial charge in [0, 0.05) is 0 Å². The van der Waals surface area contributed by atoms with Gasteiger partial charge in [0.25, 0.3) is 0 Å². The standard InChI is InChI=1S/C10H11BrO2/c1-8(10(12)13-7-11)9-5-3-2-4-6-9/h2-6,8H,7H2,1H3. The summed E-state index contributed by atoms with van der Waals surface area (Å²) in [7, 11) is 0. The second kappa shape index (κ2) is 5.02. The van der Waals surface area contributed by atoms with Crippen molar-refractivity contribution in [2.24, 2.45) is 0 Å². The smallest absolute Gasteiger partial charge is 0.313 e. The Hall–Kier alpha value is -0.830. The van der Waals surface area contributed by atoms with E-state index in [2.05, 4.69) is 15.9 Å². The van der Waals surface area contributed by atoms with Gasteiger partial charge < -0.3 is 4.74 Å². The van der Waals surface area contributed by atoms with E-state index in [-0.39, 0.29) is 17.4 Å². The summed E-state index contributed by atoms with van der Waals surface area (Å²) in [6.07, 6.45) is 0. The summed E-state index contributed by atoms with van der Waals surface area (Å²) in [4.78, 5) is 11.3. The summed E-state index contributed by atoms with van der Waals surface area (Å²) in [5.41, 5.74) is 1.23. The average Bonchev–Trinajstić information content (AvgIpc) is 2.18. The van der Waals surface area contributed by atoms with Crippen LogP contribution in [0, 0.1) is 0 Å². The molecule has 70 valence electrons. The van der Waals surface area contributed by atoms with Crippen LogP contribution in [-0.4, -0.2) is 11.5 Å². The highest BCUT2D eigenvalue weighted by molar-refractivity contribution is 9.09. The van der Waals surface area contributed by atoms with Crippen LogP contribution in [0.4, 0.5) is 0 Å². The van der Waals surface area contributed by atoms with E-state index in [0.29, 0.717) is 0 Å². The topological polar surface area (TPSA) is 26.3 Å². The number of rotatable bonds is 3. The minimum absolute atomic E-state index is 0.196. The molecule has 0 fully saturated rings. The van der Waals surface area contributed by atoms with Crippen molar-refractivity contribution in [2.75, 3.05) is 5.52 Å². The average molecular weight is 243 g/mol. The monoisotopic (exact) mass is 242 g/mol. The van der Waals surface area contributed by atoms with Gasteiger partial charge in [-0.3, -0.25) is 4.79 Å². The van der Waals surface area contributed by atoms with Gasteiger partial charge in [0.15, 0.2) is 0 Å². The molecule has 0 aliphatic heterocycles. The molecule has 1 rings (SSSR count). The fourth-order valence-corrected chi connectivity index (χ4v) is 1.28. The van der Waals surface area contributed by atoms with E-state index in [0.717, 1.165) is 5.56 Å². The number of hydrogen-bond acceptors (Lipinski definition) is 2. The fourth-order valence-electron chi connectivity index (χ4n) is 1.06. The highest BCUT2D eigenvalue weighted by Crippen LogP contribution is 2.16. The predicted octanol–water partition coefficient (Wildman–Crippen LogP) is 2.69. The van der Waals surface area contributed by atoms with Gasteiger partial charge in [-0.2, -0.15) is 0 Å². The summed E-state index contributed by atoms with van der Waals surface area (Å²) in [6, 6.07) is 9.58.